The van der Waals surface area contributed by atoms with E-state index in [1.807, 2.05) is 6.92 Å². The largest absolute Gasteiger partial charge is 0.298 e. The summed E-state index contributed by atoms with van der Waals surface area (Å²) in [5.74, 6) is -0.951. The van der Waals surface area contributed by atoms with Gasteiger partial charge in [-0.3, -0.25) is 14.2 Å². The van der Waals surface area contributed by atoms with E-state index in [9.17, 15) is 9.59 Å². The minimum Gasteiger partial charge on any atom is -0.288 e. The fourth-order valence-corrected chi connectivity index (χ4v) is 0.993. The van der Waals surface area contributed by atoms with E-state index in [-0.39, 0.29) is 11.7 Å². The molecular weight excluding hydrogens is 166 g/mol. The first-order valence-electron chi connectivity index (χ1n) is 4.38. The molecule has 0 aliphatic carbocycles. The smallest absolute Gasteiger partial charge is 0.288 e. The van der Waals surface area contributed by atoms with Gasteiger partial charge >= 0.3 is 0 Å². The van der Waals surface area contributed by atoms with E-state index in [0.29, 0.717) is 6.42 Å². The Morgan fingerprint density at radius 3 is 2.31 bits per heavy atom. The second-order valence-corrected chi connectivity index (χ2v) is 3.07. The molecule has 1 unspecified atom stereocenters. The van der Waals surface area contributed by atoms with Crippen LogP contribution in [0, 0.1) is 5.92 Å². The molecule has 0 fully saturated rings. The fraction of sp³-hybridized carbons (Fsp3) is 0.400. The maximum Gasteiger partial charge on any atom is 0.298 e. The third-order valence-electron chi connectivity index (χ3n) is 2.11. The topological polar surface area (TPSA) is 39.1 Å². The van der Waals surface area contributed by atoms with Gasteiger partial charge in [-0.05, 0) is 18.6 Å². The van der Waals surface area contributed by atoms with Gasteiger partial charge in [-0.25, -0.2) is 0 Å². The summed E-state index contributed by atoms with van der Waals surface area (Å²) in [6, 6.07) is 3.45. The zero-order valence-corrected chi connectivity index (χ0v) is 7.86. The Morgan fingerprint density at radius 1 is 1.31 bits per heavy atom. The highest BCUT2D eigenvalue weighted by Gasteiger charge is 2.20. The van der Waals surface area contributed by atoms with Crippen molar-refractivity contribution < 1.29 is 9.59 Å². The Labute approximate surface area is 77.4 Å². The Bertz CT molecular complexity index is 301. The molecule has 1 rings (SSSR count). The van der Waals surface area contributed by atoms with Crippen LogP contribution >= 0.6 is 0 Å². The number of hydrogen-bond acceptors (Lipinski definition) is 2. The van der Waals surface area contributed by atoms with Gasteiger partial charge in [-0.15, -0.1) is 0 Å². The highest BCUT2D eigenvalue weighted by Crippen LogP contribution is 2.04. The van der Waals surface area contributed by atoms with Crippen molar-refractivity contribution >= 4 is 11.7 Å². The summed E-state index contributed by atoms with van der Waals surface area (Å²) in [6.45, 7) is 3.66. The fourth-order valence-electron chi connectivity index (χ4n) is 0.993. The Hall–Kier alpha value is -1.38. The molecule has 0 bridgehead atoms. The van der Waals surface area contributed by atoms with Crippen molar-refractivity contribution in [3.05, 3.63) is 24.5 Å². The monoisotopic (exact) mass is 179 g/mol. The van der Waals surface area contributed by atoms with Crippen LogP contribution in [0.3, 0.4) is 0 Å². The minimum absolute atomic E-state index is 0.185. The molecule has 0 radical (unpaired) electrons. The molecule has 70 valence electrons. The predicted molar refractivity (Wildman–Crippen MR) is 49.5 cm³/mol. The molecule has 1 heterocycles. The second-order valence-electron chi connectivity index (χ2n) is 3.07. The lowest BCUT2D eigenvalue weighted by atomic mass is 10.0. The zero-order valence-electron chi connectivity index (χ0n) is 7.86. The number of rotatable bonds is 3. The molecule has 3 heteroatoms. The summed E-state index contributed by atoms with van der Waals surface area (Å²) in [7, 11) is 0. The summed E-state index contributed by atoms with van der Waals surface area (Å²) in [4.78, 5) is 22.8. The van der Waals surface area contributed by atoms with Crippen molar-refractivity contribution in [3.8, 4) is 0 Å². The van der Waals surface area contributed by atoms with Gasteiger partial charge < -0.3 is 0 Å². The van der Waals surface area contributed by atoms with E-state index >= 15 is 0 Å². The Kier molecular flexibility index (Phi) is 3.01. The van der Waals surface area contributed by atoms with Gasteiger partial charge in [0.05, 0.1) is 0 Å². The number of ketones is 1. The van der Waals surface area contributed by atoms with Crippen LogP contribution in [0.2, 0.25) is 0 Å². The van der Waals surface area contributed by atoms with Crippen LogP contribution < -0.4 is 0 Å². The van der Waals surface area contributed by atoms with Gasteiger partial charge in [0.1, 0.15) is 0 Å². The quantitative estimate of drug-likeness (QED) is 0.663. The maximum absolute atomic E-state index is 11.4. The zero-order chi connectivity index (χ0) is 9.84. The number of carbonyl (C=O) groups excluding carboxylic acids is 2. The summed E-state index contributed by atoms with van der Waals surface area (Å²) in [5.41, 5.74) is 0. The average Bonchev–Trinajstić information content (AvgIpc) is 2.67. The first-order valence-corrected chi connectivity index (χ1v) is 4.38. The van der Waals surface area contributed by atoms with Gasteiger partial charge in [0, 0.05) is 18.3 Å². The molecule has 0 saturated carbocycles. The molecule has 0 spiro atoms. The van der Waals surface area contributed by atoms with Gasteiger partial charge in [-0.1, -0.05) is 13.8 Å². The van der Waals surface area contributed by atoms with Crippen molar-refractivity contribution in [2.45, 2.75) is 20.3 Å². The molecule has 0 aromatic carbocycles. The van der Waals surface area contributed by atoms with Crippen LogP contribution in [0.15, 0.2) is 24.5 Å². The van der Waals surface area contributed by atoms with Gasteiger partial charge in [0.15, 0.2) is 0 Å². The van der Waals surface area contributed by atoms with Crippen LogP contribution in [-0.2, 0) is 4.79 Å². The van der Waals surface area contributed by atoms with Crippen molar-refractivity contribution in [2.24, 2.45) is 5.92 Å². The molecule has 0 aliphatic rings. The third kappa shape index (κ3) is 2.05. The van der Waals surface area contributed by atoms with E-state index in [1.165, 1.54) is 4.57 Å². The Morgan fingerprint density at radius 2 is 1.85 bits per heavy atom. The van der Waals surface area contributed by atoms with Crippen molar-refractivity contribution in [2.75, 3.05) is 0 Å². The van der Waals surface area contributed by atoms with Crippen LogP contribution in [0.5, 0.6) is 0 Å². The van der Waals surface area contributed by atoms with Gasteiger partial charge in [0.2, 0.25) is 5.78 Å². The maximum atomic E-state index is 11.4. The molecule has 13 heavy (non-hydrogen) atoms. The summed E-state index contributed by atoms with van der Waals surface area (Å²) < 4.78 is 1.31. The van der Waals surface area contributed by atoms with E-state index in [4.69, 9.17) is 0 Å². The summed E-state index contributed by atoms with van der Waals surface area (Å²) in [5, 5.41) is 0. The molecule has 0 saturated heterocycles. The SMILES string of the molecule is CCC(C)C(=O)C(=O)n1cccc1. The van der Waals surface area contributed by atoms with E-state index in [0.717, 1.165) is 0 Å². The number of aromatic nitrogens is 1. The minimum atomic E-state index is -0.445. The summed E-state index contributed by atoms with van der Waals surface area (Å²) in [6.07, 6.45) is 3.87. The molecule has 3 nitrogen and oxygen atoms in total. The predicted octanol–water partition coefficient (Wildman–Crippen LogP) is 1.74. The molecular formula is C10H13NO2. The molecule has 0 amide bonds. The van der Waals surface area contributed by atoms with Crippen molar-refractivity contribution in [3.63, 3.8) is 0 Å². The van der Waals surface area contributed by atoms with Crippen molar-refractivity contribution in [1.82, 2.24) is 4.57 Å². The lowest BCUT2D eigenvalue weighted by Crippen LogP contribution is -2.25. The van der Waals surface area contributed by atoms with Crippen LogP contribution in [0.1, 0.15) is 25.1 Å². The third-order valence-corrected chi connectivity index (χ3v) is 2.11. The normalized spacial score (nSPS) is 12.5. The standard InChI is InChI=1S/C10H13NO2/c1-3-8(2)9(12)10(13)11-6-4-5-7-11/h4-8H,3H2,1-2H3. The van der Waals surface area contributed by atoms with E-state index < -0.39 is 5.91 Å². The molecule has 0 aliphatic heterocycles. The average molecular weight is 179 g/mol. The number of carbonyl (C=O) groups is 2. The van der Waals surface area contributed by atoms with Crippen molar-refractivity contribution in [1.29, 1.82) is 0 Å². The number of hydrogen-bond donors (Lipinski definition) is 0. The van der Waals surface area contributed by atoms with Crippen LogP contribution in [0.25, 0.3) is 0 Å². The second kappa shape index (κ2) is 4.03. The lowest BCUT2D eigenvalue weighted by molar-refractivity contribution is -0.118. The highest BCUT2D eigenvalue weighted by molar-refractivity contribution is 6.37. The van der Waals surface area contributed by atoms with Crippen LogP contribution in [-0.4, -0.2) is 16.3 Å². The molecule has 1 atom stereocenters. The molecule has 1 aromatic rings. The molecule has 0 N–H and O–H groups in total. The van der Waals surface area contributed by atoms with E-state index in [1.54, 1.807) is 31.5 Å². The highest BCUT2D eigenvalue weighted by atomic mass is 16.2. The number of nitrogens with zero attached hydrogens (tertiary/aromatic N) is 1. The van der Waals surface area contributed by atoms with Gasteiger partial charge in [-0.2, -0.15) is 0 Å². The first-order chi connectivity index (χ1) is 6.16. The first kappa shape index (κ1) is 9.71. The Balaban J connectivity index is 2.75. The van der Waals surface area contributed by atoms with Crippen LogP contribution in [0.4, 0.5) is 0 Å². The molecule has 1 aromatic heterocycles. The summed E-state index contributed by atoms with van der Waals surface area (Å²) >= 11 is 0. The van der Waals surface area contributed by atoms with E-state index in [2.05, 4.69) is 0 Å². The number of Topliss-reactive ketones (excluding diaryl/α,β-unsaturated/α-hetero) is 1. The lowest BCUT2D eigenvalue weighted by Gasteiger charge is -2.05. The van der Waals surface area contributed by atoms with Gasteiger partial charge in [0.25, 0.3) is 5.91 Å².